The van der Waals surface area contributed by atoms with Gasteiger partial charge in [0.15, 0.2) is 0 Å². The van der Waals surface area contributed by atoms with Crippen molar-refractivity contribution >= 4 is 5.91 Å². The number of amides is 1. The van der Waals surface area contributed by atoms with E-state index in [1.165, 1.54) is 0 Å². The van der Waals surface area contributed by atoms with Crippen LogP contribution < -0.4 is 5.32 Å². The van der Waals surface area contributed by atoms with Crippen LogP contribution in [-0.4, -0.2) is 52.9 Å². The molecule has 2 heterocycles. The molecule has 22 heavy (non-hydrogen) atoms. The maximum atomic E-state index is 12.6. The summed E-state index contributed by atoms with van der Waals surface area (Å²) in [5.74, 6) is -0.542. The molecule has 0 aliphatic carbocycles. The number of hydrogen-bond acceptors (Lipinski definition) is 3. The molecule has 0 radical (unpaired) electrons. The Morgan fingerprint density at radius 2 is 1.91 bits per heavy atom. The smallest absolute Gasteiger partial charge is 0.340 e. The number of carbonyl (C=O) groups excluding carboxylic acids is 1. The van der Waals surface area contributed by atoms with Gasteiger partial charge in [-0.1, -0.05) is 0 Å². The lowest BCUT2D eigenvalue weighted by atomic mass is 9.97. The van der Waals surface area contributed by atoms with E-state index in [0.29, 0.717) is 30.0 Å². The largest absolute Gasteiger partial charge is 0.408 e. The van der Waals surface area contributed by atoms with E-state index in [1.54, 1.807) is 25.7 Å². The van der Waals surface area contributed by atoms with Crippen LogP contribution in [0.15, 0.2) is 0 Å². The van der Waals surface area contributed by atoms with Gasteiger partial charge < -0.3 is 10.2 Å². The van der Waals surface area contributed by atoms with Crippen molar-refractivity contribution in [3.63, 3.8) is 0 Å². The molecule has 2 rings (SSSR count). The first-order chi connectivity index (χ1) is 10.2. The zero-order chi connectivity index (χ0) is 16.5. The maximum Gasteiger partial charge on any atom is 0.408 e. The summed E-state index contributed by atoms with van der Waals surface area (Å²) in [4.78, 5) is 14.3. The molecule has 1 amide bonds. The maximum absolute atomic E-state index is 12.6. The third-order valence-electron chi connectivity index (χ3n) is 4.00. The predicted molar refractivity (Wildman–Crippen MR) is 75.6 cm³/mol. The van der Waals surface area contributed by atoms with Crippen molar-refractivity contribution in [3.05, 3.63) is 17.0 Å². The molecule has 0 saturated carbocycles. The molecule has 8 heteroatoms. The van der Waals surface area contributed by atoms with E-state index in [-0.39, 0.29) is 5.91 Å². The predicted octanol–water partition coefficient (Wildman–Crippen LogP) is 1.60. The fourth-order valence-corrected chi connectivity index (χ4v) is 2.94. The third kappa shape index (κ3) is 3.60. The number of nitrogens with one attached hydrogen (secondary N) is 1. The fraction of sp³-hybridized carbons (Fsp3) is 0.714. The number of nitrogens with zero attached hydrogens (tertiary/aromatic N) is 3. The van der Waals surface area contributed by atoms with E-state index in [9.17, 15) is 18.0 Å². The summed E-state index contributed by atoms with van der Waals surface area (Å²) in [5, 5.41) is 7.12. The SMILES string of the molecule is Cc1nn(CC(F)(F)F)c(C)c1[C@@H](C)C(=O)N1CCNCC1. The number of rotatable bonds is 3. The lowest BCUT2D eigenvalue weighted by Crippen LogP contribution is -2.47. The van der Waals surface area contributed by atoms with Crippen LogP contribution >= 0.6 is 0 Å². The minimum absolute atomic E-state index is 0.0562. The molecule has 1 aliphatic heterocycles. The summed E-state index contributed by atoms with van der Waals surface area (Å²) >= 11 is 0. The highest BCUT2D eigenvalue weighted by molar-refractivity contribution is 5.84. The molecule has 1 aromatic heterocycles. The van der Waals surface area contributed by atoms with Gasteiger partial charge in [0.1, 0.15) is 6.54 Å². The van der Waals surface area contributed by atoms with Crippen LogP contribution in [0.2, 0.25) is 0 Å². The van der Waals surface area contributed by atoms with Crippen LogP contribution in [0.25, 0.3) is 0 Å². The van der Waals surface area contributed by atoms with Gasteiger partial charge in [0.05, 0.1) is 11.6 Å². The molecule has 1 atom stereocenters. The van der Waals surface area contributed by atoms with Crippen LogP contribution in [-0.2, 0) is 11.3 Å². The van der Waals surface area contributed by atoms with Crippen LogP contribution in [0.4, 0.5) is 13.2 Å². The van der Waals surface area contributed by atoms with Crippen molar-refractivity contribution in [2.75, 3.05) is 26.2 Å². The van der Waals surface area contributed by atoms with Crippen LogP contribution in [0, 0.1) is 13.8 Å². The van der Waals surface area contributed by atoms with E-state index in [1.807, 2.05) is 0 Å². The van der Waals surface area contributed by atoms with Crippen molar-refractivity contribution in [2.45, 2.75) is 39.4 Å². The Hall–Kier alpha value is -1.57. The van der Waals surface area contributed by atoms with Crippen molar-refractivity contribution in [2.24, 2.45) is 0 Å². The lowest BCUT2D eigenvalue weighted by Gasteiger charge is -2.30. The number of aryl methyl sites for hydroxylation is 1. The number of alkyl halides is 3. The summed E-state index contributed by atoms with van der Waals surface area (Å²) in [6.07, 6.45) is -4.33. The molecular weight excluding hydrogens is 297 g/mol. The number of halogens is 3. The number of carbonyl (C=O) groups is 1. The number of piperazine rings is 1. The highest BCUT2D eigenvalue weighted by atomic mass is 19.4. The Labute approximate surface area is 127 Å². The second-order valence-corrected chi connectivity index (χ2v) is 5.65. The molecule has 5 nitrogen and oxygen atoms in total. The normalized spacial score (nSPS) is 17.6. The van der Waals surface area contributed by atoms with Crippen molar-refractivity contribution in [1.29, 1.82) is 0 Å². The van der Waals surface area contributed by atoms with Gasteiger partial charge in [0.25, 0.3) is 0 Å². The molecule has 0 spiro atoms. The van der Waals surface area contributed by atoms with Crippen LogP contribution in [0.5, 0.6) is 0 Å². The molecule has 1 fully saturated rings. The Balaban J connectivity index is 2.22. The molecule has 1 N–H and O–H groups in total. The Morgan fingerprint density at radius 3 is 2.45 bits per heavy atom. The number of hydrogen-bond donors (Lipinski definition) is 1. The molecule has 0 bridgehead atoms. The molecule has 1 saturated heterocycles. The van der Waals surface area contributed by atoms with E-state index < -0.39 is 18.6 Å². The van der Waals surface area contributed by atoms with E-state index in [2.05, 4.69) is 10.4 Å². The van der Waals surface area contributed by atoms with Crippen molar-refractivity contribution < 1.29 is 18.0 Å². The highest BCUT2D eigenvalue weighted by Crippen LogP contribution is 2.27. The van der Waals surface area contributed by atoms with Gasteiger partial charge in [0.2, 0.25) is 5.91 Å². The zero-order valence-electron chi connectivity index (χ0n) is 13.0. The molecule has 124 valence electrons. The van der Waals surface area contributed by atoms with Gasteiger partial charge in [-0.05, 0) is 20.8 Å². The minimum Gasteiger partial charge on any atom is -0.340 e. The zero-order valence-corrected chi connectivity index (χ0v) is 13.0. The molecule has 0 unspecified atom stereocenters. The van der Waals surface area contributed by atoms with E-state index in [0.717, 1.165) is 17.8 Å². The summed E-state index contributed by atoms with van der Waals surface area (Å²) in [7, 11) is 0. The average Bonchev–Trinajstić information content (AvgIpc) is 2.71. The first-order valence-corrected chi connectivity index (χ1v) is 7.31. The summed E-state index contributed by atoms with van der Waals surface area (Å²) in [6.45, 7) is 6.57. The van der Waals surface area contributed by atoms with Crippen LogP contribution in [0.3, 0.4) is 0 Å². The molecular formula is C14H21F3N4O. The van der Waals surface area contributed by atoms with E-state index >= 15 is 0 Å². The first kappa shape index (κ1) is 16.8. The number of aromatic nitrogens is 2. The lowest BCUT2D eigenvalue weighted by molar-refractivity contribution is -0.143. The van der Waals surface area contributed by atoms with Crippen molar-refractivity contribution in [3.8, 4) is 0 Å². The van der Waals surface area contributed by atoms with Crippen LogP contribution in [0.1, 0.15) is 29.8 Å². The van der Waals surface area contributed by atoms with Crippen molar-refractivity contribution in [1.82, 2.24) is 20.0 Å². The van der Waals surface area contributed by atoms with Gasteiger partial charge in [-0.3, -0.25) is 9.48 Å². The van der Waals surface area contributed by atoms with Gasteiger partial charge in [-0.2, -0.15) is 18.3 Å². The van der Waals surface area contributed by atoms with Gasteiger partial charge in [-0.25, -0.2) is 0 Å². The standard InChI is InChI=1S/C14H21F3N4O/c1-9(13(22)20-6-4-18-5-7-20)12-10(2)19-21(11(12)3)8-14(15,16)17/h9,18H,4-8H2,1-3H3/t9-/m1/s1. The van der Waals surface area contributed by atoms with Gasteiger partial charge in [0, 0.05) is 37.4 Å². The third-order valence-corrected chi connectivity index (χ3v) is 4.00. The quantitative estimate of drug-likeness (QED) is 0.921. The highest BCUT2D eigenvalue weighted by Gasteiger charge is 2.32. The Morgan fingerprint density at radius 1 is 1.32 bits per heavy atom. The monoisotopic (exact) mass is 318 g/mol. The fourth-order valence-electron chi connectivity index (χ4n) is 2.94. The molecule has 1 aromatic rings. The van der Waals surface area contributed by atoms with E-state index in [4.69, 9.17) is 0 Å². The Kier molecular flexibility index (Phi) is 4.79. The molecule has 0 aromatic carbocycles. The summed E-state index contributed by atoms with van der Waals surface area (Å²) in [5.41, 5.74) is 1.50. The minimum atomic E-state index is -4.33. The molecule has 1 aliphatic rings. The van der Waals surface area contributed by atoms with Gasteiger partial charge in [-0.15, -0.1) is 0 Å². The summed E-state index contributed by atoms with van der Waals surface area (Å²) in [6, 6.07) is 0. The van der Waals surface area contributed by atoms with Gasteiger partial charge >= 0.3 is 6.18 Å². The first-order valence-electron chi connectivity index (χ1n) is 7.31. The summed E-state index contributed by atoms with van der Waals surface area (Å²) < 4.78 is 38.6. The average molecular weight is 318 g/mol. The topological polar surface area (TPSA) is 50.2 Å². The Bertz CT molecular complexity index is 547. The second kappa shape index (κ2) is 6.28. The second-order valence-electron chi connectivity index (χ2n) is 5.65.